The van der Waals surface area contributed by atoms with E-state index < -0.39 is 17.6 Å². The molecule has 3 aliphatic heterocycles. The number of likely N-dealkylation sites (N-methyl/N-ethyl adjacent to an activating group) is 1. The highest BCUT2D eigenvalue weighted by Crippen LogP contribution is 2.33. The molecule has 0 saturated carbocycles. The van der Waals surface area contributed by atoms with E-state index in [1.807, 2.05) is 12.1 Å². The van der Waals surface area contributed by atoms with Crippen molar-refractivity contribution in [2.24, 2.45) is 20.2 Å². The van der Waals surface area contributed by atoms with Gasteiger partial charge in [0.05, 0.1) is 23.2 Å². The number of ether oxygens (including phenoxy) is 1. The second-order valence-corrected chi connectivity index (χ2v) is 7.08. The summed E-state index contributed by atoms with van der Waals surface area (Å²) in [5, 5.41) is 10.5. The predicted octanol–water partition coefficient (Wildman–Crippen LogP) is 1.61. The van der Waals surface area contributed by atoms with Crippen LogP contribution >= 0.6 is 0 Å². The van der Waals surface area contributed by atoms with E-state index in [9.17, 15) is 9.59 Å². The SMILES string of the molecule is CN1C(=O)[C@@H](NC(=O)C2(c3ccccn3)N=CC3=CN=NC3=N2)COc2ccccc21. The van der Waals surface area contributed by atoms with E-state index in [0.29, 0.717) is 22.7 Å². The fourth-order valence-electron chi connectivity index (χ4n) is 3.52. The van der Waals surface area contributed by atoms with Gasteiger partial charge in [0.25, 0.3) is 17.5 Å². The molecule has 1 unspecified atom stereocenters. The summed E-state index contributed by atoms with van der Waals surface area (Å²) < 4.78 is 5.79. The number of aromatic nitrogens is 1. The van der Waals surface area contributed by atoms with E-state index in [0.717, 1.165) is 0 Å². The predicted molar refractivity (Wildman–Crippen MR) is 112 cm³/mol. The van der Waals surface area contributed by atoms with Crippen LogP contribution in [-0.4, -0.2) is 48.5 Å². The highest BCUT2D eigenvalue weighted by Gasteiger charge is 2.46. The lowest BCUT2D eigenvalue weighted by Crippen LogP contribution is -2.54. The Hall–Kier alpha value is -4.21. The Morgan fingerprint density at radius 2 is 2.06 bits per heavy atom. The first-order valence-corrected chi connectivity index (χ1v) is 9.57. The van der Waals surface area contributed by atoms with Gasteiger partial charge in [0.15, 0.2) is 5.84 Å². The Morgan fingerprint density at radius 3 is 2.90 bits per heavy atom. The molecule has 0 saturated heterocycles. The van der Waals surface area contributed by atoms with Crippen LogP contribution in [0.3, 0.4) is 0 Å². The number of benzene rings is 1. The van der Waals surface area contributed by atoms with E-state index in [2.05, 4.69) is 30.5 Å². The average Bonchev–Trinajstić information content (AvgIpc) is 3.24. The third kappa shape index (κ3) is 3.08. The maximum Gasteiger partial charge on any atom is 0.277 e. The zero-order valence-electron chi connectivity index (χ0n) is 16.5. The maximum absolute atomic E-state index is 13.5. The number of rotatable bonds is 3. The molecule has 0 bridgehead atoms. The maximum atomic E-state index is 13.5. The average molecular weight is 415 g/mol. The number of carbonyl (C=O) groups is 2. The van der Waals surface area contributed by atoms with Crippen LogP contribution in [-0.2, 0) is 15.3 Å². The van der Waals surface area contributed by atoms with Gasteiger partial charge >= 0.3 is 0 Å². The summed E-state index contributed by atoms with van der Waals surface area (Å²) in [6.07, 6.45) is 4.55. The first-order valence-electron chi connectivity index (χ1n) is 9.57. The molecule has 5 rings (SSSR count). The number of para-hydroxylation sites is 2. The number of hydrogen-bond acceptors (Lipinski definition) is 8. The highest BCUT2D eigenvalue weighted by atomic mass is 16.5. The largest absolute Gasteiger partial charge is 0.489 e. The molecule has 0 radical (unpaired) electrons. The summed E-state index contributed by atoms with van der Waals surface area (Å²) in [6.45, 7) is -0.0324. The number of anilines is 1. The van der Waals surface area contributed by atoms with Gasteiger partial charge in [0, 0.05) is 19.5 Å². The van der Waals surface area contributed by atoms with E-state index in [-0.39, 0.29) is 18.3 Å². The van der Waals surface area contributed by atoms with Crippen LogP contribution in [0.15, 0.2) is 80.6 Å². The minimum absolute atomic E-state index is 0.0324. The highest BCUT2D eigenvalue weighted by molar-refractivity contribution is 6.19. The number of amidine groups is 1. The number of fused-ring (bicyclic) bond motifs is 2. The van der Waals surface area contributed by atoms with Crippen molar-refractivity contribution in [1.29, 1.82) is 0 Å². The quantitative estimate of drug-likeness (QED) is 0.818. The Bertz CT molecular complexity index is 1190. The molecule has 0 spiro atoms. The summed E-state index contributed by atoms with van der Waals surface area (Å²) in [5.41, 5.74) is -0.199. The number of pyridine rings is 1. The van der Waals surface area contributed by atoms with E-state index >= 15 is 0 Å². The van der Waals surface area contributed by atoms with Crippen LogP contribution < -0.4 is 15.0 Å². The number of carbonyl (C=O) groups excluding carboxylic acids is 2. The Morgan fingerprint density at radius 1 is 1.23 bits per heavy atom. The van der Waals surface area contributed by atoms with Crippen LogP contribution in [0.25, 0.3) is 0 Å². The minimum atomic E-state index is -1.73. The smallest absolute Gasteiger partial charge is 0.277 e. The van der Waals surface area contributed by atoms with Crippen molar-refractivity contribution < 1.29 is 14.3 Å². The van der Waals surface area contributed by atoms with Gasteiger partial charge in [-0.1, -0.05) is 18.2 Å². The van der Waals surface area contributed by atoms with Gasteiger partial charge < -0.3 is 15.0 Å². The molecular formula is C21H17N7O3. The molecule has 1 N–H and O–H groups in total. The molecule has 0 aliphatic carbocycles. The molecule has 2 amide bonds. The summed E-state index contributed by atoms with van der Waals surface area (Å²) in [4.78, 5) is 41.2. The molecule has 0 fully saturated rings. The van der Waals surface area contributed by atoms with Crippen molar-refractivity contribution in [2.75, 3.05) is 18.6 Å². The second kappa shape index (κ2) is 7.24. The lowest BCUT2D eigenvalue weighted by Gasteiger charge is -2.28. The molecule has 4 heterocycles. The van der Waals surface area contributed by atoms with Gasteiger partial charge in [0.1, 0.15) is 18.4 Å². The van der Waals surface area contributed by atoms with Crippen LogP contribution in [0.2, 0.25) is 0 Å². The number of nitrogens with zero attached hydrogens (tertiary/aromatic N) is 6. The number of amides is 2. The van der Waals surface area contributed by atoms with Crippen LogP contribution in [0.5, 0.6) is 5.75 Å². The Balaban J connectivity index is 1.49. The van der Waals surface area contributed by atoms with Crippen molar-refractivity contribution in [1.82, 2.24) is 10.3 Å². The first-order chi connectivity index (χ1) is 15.1. The summed E-state index contributed by atoms with van der Waals surface area (Å²) in [5.74, 6) is -0.0872. The van der Waals surface area contributed by atoms with Crippen molar-refractivity contribution in [3.8, 4) is 5.75 Å². The normalized spacial score (nSPS) is 23.8. The summed E-state index contributed by atoms with van der Waals surface area (Å²) >= 11 is 0. The third-order valence-corrected chi connectivity index (χ3v) is 5.17. The summed E-state index contributed by atoms with van der Waals surface area (Å²) in [7, 11) is 1.64. The van der Waals surface area contributed by atoms with Gasteiger partial charge in [0.2, 0.25) is 0 Å². The lowest BCUT2D eigenvalue weighted by molar-refractivity contribution is -0.131. The third-order valence-electron chi connectivity index (χ3n) is 5.17. The van der Waals surface area contributed by atoms with E-state index in [4.69, 9.17) is 4.74 Å². The number of hydrogen-bond donors (Lipinski definition) is 1. The monoisotopic (exact) mass is 415 g/mol. The van der Waals surface area contributed by atoms with E-state index in [1.165, 1.54) is 17.3 Å². The molecule has 10 nitrogen and oxygen atoms in total. The van der Waals surface area contributed by atoms with Crippen molar-refractivity contribution in [3.63, 3.8) is 0 Å². The fraction of sp³-hybridized carbons (Fsp3) is 0.190. The first kappa shape index (κ1) is 18.8. The van der Waals surface area contributed by atoms with E-state index in [1.54, 1.807) is 43.6 Å². The molecular weight excluding hydrogens is 398 g/mol. The molecule has 31 heavy (non-hydrogen) atoms. The van der Waals surface area contributed by atoms with Crippen LogP contribution in [0.4, 0.5) is 5.69 Å². The topological polar surface area (TPSA) is 121 Å². The lowest BCUT2D eigenvalue weighted by atomic mass is 10.0. The molecule has 154 valence electrons. The van der Waals surface area contributed by atoms with Crippen LogP contribution in [0.1, 0.15) is 5.69 Å². The standard InChI is InChI=1S/C21H17N7O3/c1-28-15-6-2-3-7-16(15)31-12-14(19(28)29)25-20(30)21(17-8-4-5-9-22-17)23-10-13-11-24-27-18(13)26-21/h2-11,14H,12H2,1H3,(H,25,30)/t14-,21?/m0/s1. The molecule has 2 aromatic rings. The van der Waals surface area contributed by atoms with Gasteiger partial charge in [-0.2, -0.15) is 5.11 Å². The van der Waals surface area contributed by atoms with Crippen LogP contribution in [0, 0.1) is 0 Å². The number of aliphatic imine (C=N–C) groups is 2. The summed E-state index contributed by atoms with van der Waals surface area (Å²) in [6, 6.07) is 11.4. The molecule has 1 aromatic carbocycles. The zero-order chi connectivity index (χ0) is 21.4. The molecule has 3 aliphatic rings. The number of nitrogens with one attached hydrogen (secondary N) is 1. The van der Waals surface area contributed by atoms with Crippen molar-refractivity contribution in [2.45, 2.75) is 11.7 Å². The Kier molecular flexibility index (Phi) is 4.39. The molecule has 2 atom stereocenters. The second-order valence-electron chi connectivity index (χ2n) is 7.08. The van der Waals surface area contributed by atoms with Gasteiger partial charge in [-0.3, -0.25) is 14.6 Å². The van der Waals surface area contributed by atoms with Gasteiger partial charge in [-0.25, -0.2) is 9.98 Å². The van der Waals surface area contributed by atoms with Crippen molar-refractivity contribution in [3.05, 3.63) is 66.1 Å². The fourth-order valence-corrected chi connectivity index (χ4v) is 3.52. The minimum Gasteiger partial charge on any atom is -0.489 e. The zero-order valence-corrected chi connectivity index (χ0v) is 16.5. The van der Waals surface area contributed by atoms with Crippen molar-refractivity contribution >= 4 is 29.6 Å². The van der Waals surface area contributed by atoms with Gasteiger partial charge in [-0.15, -0.1) is 5.11 Å². The number of azo groups is 1. The molecule has 10 heteroatoms. The molecule has 1 aromatic heterocycles. The Labute approximate surface area is 177 Å². The van der Waals surface area contributed by atoms with Gasteiger partial charge in [-0.05, 0) is 24.3 Å².